The van der Waals surface area contributed by atoms with E-state index in [0.29, 0.717) is 5.25 Å². The molecule has 0 heterocycles. The van der Waals surface area contributed by atoms with Crippen LogP contribution in [0.3, 0.4) is 0 Å². The summed E-state index contributed by atoms with van der Waals surface area (Å²) in [5.74, 6) is 1.04. The quantitative estimate of drug-likeness (QED) is 0.409. The lowest BCUT2D eigenvalue weighted by molar-refractivity contribution is 0.964. The number of rotatable bonds is 9. The van der Waals surface area contributed by atoms with Crippen molar-refractivity contribution in [1.82, 2.24) is 0 Å². The van der Waals surface area contributed by atoms with Crippen molar-refractivity contribution in [2.75, 3.05) is 5.75 Å². The lowest BCUT2D eigenvalue weighted by Gasteiger charge is -2.12. The van der Waals surface area contributed by atoms with Crippen molar-refractivity contribution in [1.29, 1.82) is 0 Å². The zero-order valence-corrected chi connectivity index (χ0v) is 17.0. The van der Waals surface area contributed by atoms with Crippen LogP contribution in [-0.4, -0.2) is 5.75 Å². The van der Waals surface area contributed by atoms with Crippen LogP contribution < -0.4 is 0 Å². The molecule has 0 fully saturated rings. The Kier molecular flexibility index (Phi) is 9.06. The van der Waals surface area contributed by atoms with E-state index in [9.17, 15) is 0 Å². The molecule has 0 N–H and O–H groups in total. The molecule has 2 rings (SSSR count). The molecule has 0 nitrogen and oxygen atoms in total. The second kappa shape index (κ2) is 11.6. The van der Waals surface area contributed by atoms with Gasteiger partial charge >= 0.3 is 0 Å². The number of thioether (sulfide) groups is 1. The molecule has 1 heteroatoms. The number of allylic oxidation sites excluding steroid dienone is 3. The molecule has 2 aromatic rings. The minimum atomic E-state index is 0.373. The maximum absolute atomic E-state index is 2.38. The third-order valence-electron chi connectivity index (χ3n) is 4.19. The average Bonchev–Trinajstić information content (AvgIpc) is 2.65. The van der Waals surface area contributed by atoms with Crippen molar-refractivity contribution in [2.24, 2.45) is 0 Å². The summed E-state index contributed by atoms with van der Waals surface area (Å²) < 4.78 is 0. The van der Waals surface area contributed by atoms with Crippen LogP contribution in [0.5, 0.6) is 0 Å². The SMILES string of the molecule is CC(C)=CCC/C(C)=C/CSC(/C=C/c1ccccc1)c1ccccc1. The Morgan fingerprint density at radius 3 is 2.19 bits per heavy atom. The summed E-state index contributed by atoms with van der Waals surface area (Å²) in [4.78, 5) is 0. The second-order valence-electron chi connectivity index (χ2n) is 6.81. The van der Waals surface area contributed by atoms with Crippen LogP contribution in [0.2, 0.25) is 0 Å². The zero-order chi connectivity index (χ0) is 18.6. The van der Waals surface area contributed by atoms with Gasteiger partial charge in [0.1, 0.15) is 0 Å². The van der Waals surface area contributed by atoms with E-state index in [1.54, 1.807) is 0 Å². The fourth-order valence-electron chi connectivity index (χ4n) is 2.65. The van der Waals surface area contributed by atoms with Crippen molar-refractivity contribution < 1.29 is 0 Å². The molecule has 0 saturated carbocycles. The molecule has 0 aliphatic rings. The van der Waals surface area contributed by atoms with Gasteiger partial charge in [0.15, 0.2) is 0 Å². The Morgan fingerprint density at radius 1 is 0.885 bits per heavy atom. The summed E-state index contributed by atoms with van der Waals surface area (Å²) in [6.07, 6.45) is 11.6. The summed E-state index contributed by atoms with van der Waals surface area (Å²) in [6.45, 7) is 6.58. The van der Waals surface area contributed by atoms with Crippen molar-refractivity contribution in [3.63, 3.8) is 0 Å². The van der Waals surface area contributed by atoms with E-state index in [-0.39, 0.29) is 0 Å². The minimum absolute atomic E-state index is 0.373. The molecule has 0 spiro atoms. The van der Waals surface area contributed by atoms with Gasteiger partial charge in [-0.15, -0.1) is 11.8 Å². The summed E-state index contributed by atoms with van der Waals surface area (Å²) in [5.41, 5.74) is 5.50. The Balaban J connectivity index is 1.98. The zero-order valence-electron chi connectivity index (χ0n) is 16.2. The summed E-state index contributed by atoms with van der Waals surface area (Å²) in [6, 6.07) is 21.3. The van der Waals surface area contributed by atoms with E-state index in [0.717, 1.165) is 18.6 Å². The van der Waals surface area contributed by atoms with E-state index < -0.39 is 0 Å². The molecule has 0 saturated heterocycles. The molecule has 0 aliphatic carbocycles. The van der Waals surface area contributed by atoms with Crippen LogP contribution in [0.25, 0.3) is 6.08 Å². The minimum Gasteiger partial charge on any atom is -0.145 e. The molecule has 0 bridgehead atoms. The highest BCUT2D eigenvalue weighted by atomic mass is 32.2. The first-order valence-corrected chi connectivity index (χ1v) is 10.4. The molecule has 0 radical (unpaired) electrons. The average molecular weight is 363 g/mol. The van der Waals surface area contributed by atoms with Crippen molar-refractivity contribution >= 4 is 17.8 Å². The van der Waals surface area contributed by atoms with E-state index in [1.807, 2.05) is 11.8 Å². The topological polar surface area (TPSA) is 0 Å². The summed E-state index contributed by atoms with van der Waals surface area (Å²) in [5, 5.41) is 0.373. The fraction of sp³-hybridized carbons (Fsp3) is 0.280. The normalized spacial score (nSPS) is 13.0. The first-order chi connectivity index (χ1) is 12.6. The van der Waals surface area contributed by atoms with Gasteiger partial charge in [0, 0.05) is 11.0 Å². The van der Waals surface area contributed by atoms with E-state index in [1.165, 1.54) is 22.3 Å². The third-order valence-corrected chi connectivity index (χ3v) is 5.34. The maximum atomic E-state index is 2.38. The van der Waals surface area contributed by atoms with Crippen LogP contribution in [0.4, 0.5) is 0 Å². The van der Waals surface area contributed by atoms with Crippen LogP contribution in [0.15, 0.2) is 90.0 Å². The standard InChI is InChI=1S/C25H30S/c1-21(2)11-10-12-22(3)19-20-26-25(24-15-8-5-9-16-24)18-17-23-13-6-4-7-14-23/h4-9,11,13-19,25H,10,12,20H2,1-3H3/b18-17+,22-19+. The Morgan fingerprint density at radius 2 is 1.54 bits per heavy atom. The predicted octanol–water partition coefficient (Wildman–Crippen LogP) is 7.87. The molecule has 0 amide bonds. The van der Waals surface area contributed by atoms with E-state index in [2.05, 4.69) is 106 Å². The van der Waals surface area contributed by atoms with Crippen molar-refractivity contribution in [3.8, 4) is 0 Å². The maximum Gasteiger partial charge on any atom is 0.0483 e. The highest BCUT2D eigenvalue weighted by molar-refractivity contribution is 7.99. The Hall–Kier alpha value is -1.99. The van der Waals surface area contributed by atoms with Crippen LogP contribution in [-0.2, 0) is 0 Å². The summed E-state index contributed by atoms with van der Waals surface area (Å²) >= 11 is 1.98. The Labute approximate surface area is 163 Å². The number of benzene rings is 2. The molecule has 1 atom stereocenters. The van der Waals surface area contributed by atoms with Gasteiger partial charge in [0.2, 0.25) is 0 Å². The second-order valence-corrected chi connectivity index (χ2v) is 7.98. The highest BCUT2D eigenvalue weighted by Gasteiger charge is 2.07. The van der Waals surface area contributed by atoms with Gasteiger partial charge in [-0.1, -0.05) is 96.1 Å². The van der Waals surface area contributed by atoms with Gasteiger partial charge in [-0.3, -0.25) is 0 Å². The predicted molar refractivity (Wildman–Crippen MR) is 120 cm³/mol. The summed E-state index contributed by atoms with van der Waals surface area (Å²) in [7, 11) is 0. The molecule has 136 valence electrons. The molecule has 0 aromatic heterocycles. The van der Waals surface area contributed by atoms with Gasteiger partial charge in [0.25, 0.3) is 0 Å². The van der Waals surface area contributed by atoms with Gasteiger partial charge in [0.05, 0.1) is 0 Å². The molecular weight excluding hydrogens is 332 g/mol. The molecular formula is C25H30S. The van der Waals surface area contributed by atoms with Gasteiger partial charge < -0.3 is 0 Å². The van der Waals surface area contributed by atoms with Crippen molar-refractivity contribution in [3.05, 3.63) is 101 Å². The third kappa shape index (κ3) is 7.93. The van der Waals surface area contributed by atoms with Crippen LogP contribution >= 0.6 is 11.8 Å². The van der Waals surface area contributed by atoms with Gasteiger partial charge in [-0.05, 0) is 44.7 Å². The number of hydrogen-bond donors (Lipinski definition) is 0. The highest BCUT2D eigenvalue weighted by Crippen LogP contribution is 2.31. The molecule has 2 aromatic carbocycles. The van der Waals surface area contributed by atoms with Crippen molar-refractivity contribution in [2.45, 2.75) is 38.9 Å². The molecule has 0 aliphatic heterocycles. The van der Waals surface area contributed by atoms with Gasteiger partial charge in [-0.2, -0.15) is 0 Å². The monoisotopic (exact) mass is 362 g/mol. The lowest BCUT2D eigenvalue weighted by atomic mass is 10.1. The van der Waals surface area contributed by atoms with E-state index in [4.69, 9.17) is 0 Å². The van der Waals surface area contributed by atoms with E-state index >= 15 is 0 Å². The first kappa shape index (κ1) is 20.3. The molecule has 26 heavy (non-hydrogen) atoms. The lowest BCUT2D eigenvalue weighted by Crippen LogP contribution is -1.91. The van der Waals surface area contributed by atoms with Crippen LogP contribution in [0, 0.1) is 0 Å². The largest absolute Gasteiger partial charge is 0.145 e. The van der Waals surface area contributed by atoms with Gasteiger partial charge in [-0.25, -0.2) is 0 Å². The first-order valence-electron chi connectivity index (χ1n) is 9.34. The molecule has 1 unspecified atom stereocenters. The van der Waals surface area contributed by atoms with Crippen LogP contribution in [0.1, 0.15) is 50.0 Å². The Bertz CT molecular complexity index is 719. The number of hydrogen-bond acceptors (Lipinski definition) is 1. The smallest absolute Gasteiger partial charge is 0.0483 e. The fourth-order valence-corrected chi connectivity index (χ4v) is 3.78.